The Morgan fingerprint density at radius 1 is 1.02 bits per heavy atom. The van der Waals surface area contributed by atoms with E-state index >= 15 is 0 Å². The van der Waals surface area contributed by atoms with Gasteiger partial charge in [0.25, 0.3) is 0 Å². The Kier molecular flexibility index (Phi) is 16.3. The lowest BCUT2D eigenvalue weighted by Gasteiger charge is -2.34. The number of fused-ring (bicyclic) bond motifs is 1. The number of aromatic amines is 1. The number of unbranched alkanes of at least 4 members (excludes halogenated alkanes) is 1. The quantitative estimate of drug-likeness (QED) is 0.0190. The summed E-state index contributed by atoms with van der Waals surface area (Å²) in [5.74, 6) is -0.635. The van der Waals surface area contributed by atoms with Crippen LogP contribution in [0.1, 0.15) is 87.8 Å². The lowest BCUT2D eigenvalue weighted by molar-refractivity contribution is -0.153. The first-order valence-corrected chi connectivity index (χ1v) is 22.1. The average molecular weight is 816 g/mol. The molecule has 7 atom stereocenters. The van der Waals surface area contributed by atoms with Crippen LogP contribution in [0, 0.1) is 11.8 Å². The Hall–Kier alpha value is -4.11. The van der Waals surface area contributed by atoms with Crippen molar-refractivity contribution in [2.75, 3.05) is 18.4 Å². The maximum Gasteiger partial charge on any atom is 0.307 e. The number of nitrogens with one attached hydrogen (secondary N) is 2. The molecule has 5 N–H and O–H groups in total. The van der Waals surface area contributed by atoms with E-state index in [1.54, 1.807) is 6.92 Å². The summed E-state index contributed by atoms with van der Waals surface area (Å²) in [4.78, 5) is 15.2. The van der Waals surface area contributed by atoms with Crippen molar-refractivity contribution in [3.05, 3.63) is 108 Å². The van der Waals surface area contributed by atoms with E-state index in [0.29, 0.717) is 51.0 Å². The number of carbonyl (C=O) groups is 1. The molecule has 0 amide bonds. The standard InChI is InChI=1S/C45H61N5O7S/c1-32(57-45(54)17-8-3-2-7-16-40-41(44(53)27-43(40)52)22-21-39(51)20-18-33-11-5-4-6-12-33)50(58(55)56)30-35-14-9-13-34(25-35)29-49-24-10-15-38(31-49)47-37-19-23-42-36(26-37)28-46-48-42/h2,4-7,9,11-14,19,23,25-26,28,32,38-41,43-44,47,51-53,58H,3,8,10,15-18,20-22,24,27,29-31H2,1H3,(H,46,48)/b7-2-/t32?,38-,39-,40+,41+,43-,44+/m0/s1. The fourth-order valence-electron chi connectivity index (χ4n) is 8.63. The minimum Gasteiger partial charge on any atom is -0.446 e. The molecule has 2 heterocycles. The molecule has 4 aromatic rings. The van der Waals surface area contributed by atoms with Crippen LogP contribution < -0.4 is 5.32 Å². The van der Waals surface area contributed by atoms with Crippen molar-refractivity contribution in [2.24, 2.45) is 11.8 Å². The number of piperidine rings is 1. The minimum absolute atomic E-state index is 0.0823. The van der Waals surface area contributed by atoms with Gasteiger partial charge in [-0.05, 0) is 124 Å². The van der Waals surface area contributed by atoms with Gasteiger partial charge in [0.15, 0.2) is 6.23 Å². The number of H-pyrrole nitrogens is 1. The molecule has 2 fully saturated rings. The van der Waals surface area contributed by atoms with Crippen molar-refractivity contribution >= 4 is 33.4 Å². The van der Waals surface area contributed by atoms with Crippen molar-refractivity contribution in [2.45, 2.75) is 121 Å². The monoisotopic (exact) mass is 815 g/mol. The molecular formula is C45H61N5O7S. The normalized spacial score (nSPS) is 22.6. The number of hydrogen-bond donors (Lipinski definition) is 6. The number of aliphatic hydroxyl groups excluding tert-OH is 3. The summed E-state index contributed by atoms with van der Waals surface area (Å²) >= 11 is 0. The molecule has 6 rings (SSSR count). The maximum atomic E-state index is 12.7. The number of carbonyl (C=O) groups excluding carboxylic acids is 1. The maximum absolute atomic E-state index is 12.7. The Morgan fingerprint density at radius 2 is 1.81 bits per heavy atom. The number of esters is 1. The van der Waals surface area contributed by atoms with Gasteiger partial charge >= 0.3 is 5.97 Å². The van der Waals surface area contributed by atoms with Gasteiger partial charge in [-0.1, -0.05) is 66.7 Å². The molecule has 3 aromatic carbocycles. The van der Waals surface area contributed by atoms with Crippen LogP contribution in [0.2, 0.25) is 0 Å². The zero-order chi connectivity index (χ0) is 40.9. The molecule has 314 valence electrons. The van der Waals surface area contributed by atoms with Gasteiger partial charge in [-0.3, -0.25) is 14.8 Å². The molecular weight excluding hydrogens is 755 g/mol. The second-order valence-electron chi connectivity index (χ2n) is 16.2. The van der Waals surface area contributed by atoms with E-state index in [9.17, 15) is 28.5 Å². The van der Waals surface area contributed by atoms with Gasteiger partial charge in [0, 0.05) is 43.2 Å². The van der Waals surface area contributed by atoms with E-state index < -0.39 is 41.4 Å². The molecule has 0 bridgehead atoms. The molecule has 1 saturated heterocycles. The second-order valence-corrected chi connectivity index (χ2v) is 17.2. The number of likely N-dealkylation sites (tertiary alicyclic amines) is 1. The molecule has 1 unspecified atom stereocenters. The highest BCUT2D eigenvalue weighted by molar-refractivity contribution is 7.69. The van der Waals surface area contributed by atoms with Gasteiger partial charge in [0.05, 0.1) is 30.0 Å². The Bertz CT molecular complexity index is 1980. The topological polar surface area (TPSA) is 168 Å². The Balaban J connectivity index is 0.898. The average Bonchev–Trinajstić information content (AvgIpc) is 3.79. The molecule has 1 aliphatic heterocycles. The van der Waals surface area contributed by atoms with Crippen molar-refractivity contribution in [3.8, 4) is 0 Å². The largest absolute Gasteiger partial charge is 0.446 e. The third-order valence-electron chi connectivity index (χ3n) is 11.8. The van der Waals surface area contributed by atoms with Gasteiger partial charge in [0.2, 0.25) is 10.9 Å². The van der Waals surface area contributed by atoms with Crippen molar-refractivity contribution < 1.29 is 33.3 Å². The summed E-state index contributed by atoms with van der Waals surface area (Å²) in [5.41, 5.74) is 5.20. The van der Waals surface area contributed by atoms with E-state index in [1.807, 2.05) is 60.8 Å². The van der Waals surface area contributed by atoms with Crippen LogP contribution in [0.3, 0.4) is 0 Å². The fourth-order valence-corrected chi connectivity index (χ4v) is 9.23. The lowest BCUT2D eigenvalue weighted by Crippen LogP contribution is -2.41. The third kappa shape index (κ3) is 12.9. The third-order valence-corrected chi connectivity index (χ3v) is 12.7. The molecule has 1 aromatic heterocycles. The molecule has 0 radical (unpaired) electrons. The molecule has 2 aliphatic rings. The zero-order valence-electron chi connectivity index (χ0n) is 33.6. The predicted octanol–water partition coefficient (Wildman–Crippen LogP) is 6.11. The van der Waals surface area contributed by atoms with Gasteiger partial charge in [-0.2, -0.15) is 9.40 Å². The summed E-state index contributed by atoms with van der Waals surface area (Å²) < 4.78 is 31.4. The highest BCUT2D eigenvalue weighted by Crippen LogP contribution is 2.38. The number of aryl methyl sites for hydroxylation is 1. The second kappa shape index (κ2) is 21.8. The van der Waals surface area contributed by atoms with Crippen molar-refractivity contribution in [1.29, 1.82) is 0 Å². The molecule has 1 saturated carbocycles. The van der Waals surface area contributed by atoms with Crippen LogP contribution in [0.25, 0.3) is 10.9 Å². The van der Waals surface area contributed by atoms with E-state index in [4.69, 9.17) is 4.74 Å². The number of rotatable bonds is 21. The first kappa shape index (κ1) is 43.5. The smallest absolute Gasteiger partial charge is 0.307 e. The van der Waals surface area contributed by atoms with Crippen LogP contribution in [0.15, 0.2) is 91.1 Å². The number of allylic oxidation sites excluding steroid dienone is 2. The molecule has 13 heteroatoms. The number of aliphatic hydroxyl groups is 3. The van der Waals surface area contributed by atoms with Crippen molar-refractivity contribution in [1.82, 2.24) is 19.4 Å². The summed E-state index contributed by atoms with van der Waals surface area (Å²) in [6, 6.07) is 24.5. The molecule has 1 aliphatic carbocycles. The SMILES string of the molecule is CC(OC(=O)CCC/C=C\C[C@@H]1[C@@H](CC[C@@H](O)CCc2ccccc2)[C@H](O)C[C@@H]1O)N(Cc1cccc(CN2CCC[C@H](Nc3ccc4[nH]ncc4c3)C2)c1)[SH](=O)=O. The summed E-state index contributed by atoms with van der Waals surface area (Å²) in [5, 5.41) is 43.8. The minimum atomic E-state index is -3.01. The van der Waals surface area contributed by atoms with Crippen LogP contribution in [-0.2, 0) is 39.9 Å². The van der Waals surface area contributed by atoms with Crippen LogP contribution in [-0.4, -0.2) is 92.8 Å². The number of thiol groups is 1. The van der Waals surface area contributed by atoms with Crippen LogP contribution in [0.5, 0.6) is 0 Å². The summed E-state index contributed by atoms with van der Waals surface area (Å²) in [6.45, 7) is 4.31. The Morgan fingerprint density at radius 3 is 2.64 bits per heavy atom. The van der Waals surface area contributed by atoms with Gasteiger partial charge in [-0.15, -0.1) is 0 Å². The predicted molar refractivity (Wildman–Crippen MR) is 227 cm³/mol. The number of anilines is 1. The number of ether oxygens (including phenoxy) is 1. The molecule has 0 spiro atoms. The number of nitrogens with zero attached hydrogens (tertiary/aromatic N) is 3. The lowest BCUT2D eigenvalue weighted by atomic mass is 9.85. The number of hydrogen-bond acceptors (Lipinski definition) is 10. The van der Waals surface area contributed by atoms with Crippen LogP contribution >= 0.6 is 0 Å². The first-order valence-electron chi connectivity index (χ1n) is 20.9. The van der Waals surface area contributed by atoms with Crippen LogP contribution in [0.4, 0.5) is 5.69 Å². The number of aromatic nitrogens is 2. The van der Waals surface area contributed by atoms with E-state index in [0.717, 1.165) is 66.6 Å². The van der Waals surface area contributed by atoms with E-state index in [1.165, 1.54) is 9.87 Å². The van der Waals surface area contributed by atoms with Gasteiger partial charge < -0.3 is 25.4 Å². The van der Waals surface area contributed by atoms with E-state index in [-0.39, 0.29) is 24.8 Å². The summed E-state index contributed by atoms with van der Waals surface area (Å²) in [6.07, 6.45) is 10.3. The highest BCUT2D eigenvalue weighted by atomic mass is 32.2. The molecule has 12 nitrogen and oxygen atoms in total. The highest BCUT2D eigenvalue weighted by Gasteiger charge is 2.40. The number of benzene rings is 3. The van der Waals surface area contributed by atoms with Crippen molar-refractivity contribution in [3.63, 3.8) is 0 Å². The van der Waals surface area contributed by atoms with Gasteiger partial charge in [-0.25, -0.2) is 8.42 Å². The zero-order valence-corrected chi connectivity index (χ0v) is 34.5. The molecule has 58 heavy (non-hydrogen) atoms. The first-order chi connectivity index (χ1) is 28.1. The fraction of sp³-hybridized carbons (Fsp3) is 0.511. The van der Waals surface area contributed by atoms with Gasteiger partial charge in [0.1, 0.15) is 0 Å². The van der Waals surface area contributed by atoms with E-state index in [2.05, 4.69) is 50.7 Å². The summed E-state index contributed by atoms with van der Waals surface area (Å²) in [7, 11) is -3.01. The Labute approximate surface area is 344 Å².